The predicted molar refractivity (Wildman–Crippen MR) is 110 cm³/mol. The average molecular weight is 422 g/mol. The van der Waals surface area contributed by atoms with Crippen LogP contribution in [0.25, 0.3) is 6.08 Å². The lowest BCUT2D eigenvalue weighted by atomic mass is 10.2. The van der Waals surface area contributed by atoms with Gasteiger partial charge in [0.25, 0.3) is 0 Å². The molecule has 1 aliphatic rings. The highest BCUT2D eigenvalue weighted by Crippen LogP contribution is 2.31. The van der Waals surface area contributed by atoms with Gasteiger partial charge in [-0.15, -0.1) is 11.3 Å². The summed E-state index contributed by atoms with van der Waals surface area (Å²) in [5, 5.41) is 5.24. The zero-order valence-corrected chi connectivity index (χ0v) is 17.3. The van der Waals surface area contributed by atoms with Gasteiger partial charge in [-0.05, 0) is 44.0 Å². The van der Waals surface area contributed by atoms with Gasteiger partial charge < -0.3 is 10.1 Å². The number of nitrogens with one attached hydrogen (secondary N) is 1. The smallest absolute Gasteiger partial charge is 0.248 e. The Morgan fingerprint density at radius 1 is 1.32 bits per heavy atom. The monoisotopic (exact) mass is 421 g/mol. The molecule has 0 aliphatic carbocycles. The number of nitrogens with zero attached hydrogens (tertiary/aromatic N) is 2. The number of anilines is 1. The molecule has 0 atom stereocenters. The summed E-state index contributed by atoms with van der Waals surface area (Å²) < 4.78 is 33.2. The van der Waals surface area contributed by atoms with Gasteiger partial charge >= 0.3 is 0 Å². The van der Waals surface area contributed by atoms with E-state index in [1.165, 1.54) is 27.8 Å². The molecule has 28 heavy (non-hydrogen) atoms. The lowest BCUT2D eigenvalue weighted by Gasteiger charge is -2.26. The van der Waals surface area contributed by atoms with Crippen LogP contribution in [0.4, 0.5) is 5.69 Å². The van der Waals surface area contributed by atoms with E-state index in [0.29, 0.717) is 31.1 Å². The SMILES string of the molecule is CCOc1ccc(NC(=O)/C=C/c2nccs2)cc1S(=O)(=O)N1CCCCC1. The Bertz CT molecular complexity index is 934. The first kappa shape index (κ1) is 20.5. The summed E-state index contributed by atoms with van der Waals surface area (Å²) in [6.45, 7) is 3.16. The molecule has 1 amide bonds. The molecule has 2 aromatic rings. The molecule has 3 rings (SSSR count). The number of amides is 1. The van der Waals surface area contributed by atoms with Crippen molar-refractivity contribution in [2.75, 3.05) is 25.0 Å². The summed E-state index contributed by atoms with van der Waals surface area (Å²) in [6.07, 6.45) is 7.37. The molecule has 7 nitrogen and oxygen atoms in total. The van der Waals surface area contributed by atoms with Crippen LogP contribution < -0.4 is 10.1 Å². The molecule has 1 aromatic heterocycles. The fraction of sp³-hybridized carbons (Fsp3) is 0.368. The van der Waals surface area contributed by atoms with Crippen molar-refractivity contribution in [1.82, 2.24) is 9.29 Å². The van der Waals surface area contributed by atoms with Crippen LogP contribution in [0.15, 0.2) is 40.7 Å². The van der Waals surface area contributed by atoms with Crippen molar-refractivity contribution >= 4 is 39.0 Å². The average Bonchev–Trinajstić information content (AvgIpc) is 3.22. The van der Waals surface area contributed by atoms with Crippen LogP contribution >= 0.6 is 11.3 Å². The van der Waals surface area contributed by atoms with Crippen molar-refractivity contribution in [2.24, 2.45) is 0 Å². The molecule has 1 fully saturated rings. The highest BCUT2D eigenvalue weighted by atomic mass is 32.2. The van der Waals surface area contributed by atoms with Crippen LogP contribution in [0.3, 0.4) is 0 Å². The number of hydrogen-bond acceptors (Lipinski definition) is 6. The Balaban J connectivity index is 1.83. The Labute approximate surface area is 169 Å². The number of benzene rings is 1. The molecule has 1 aromatic carbocycles. The molecule has 1 N–H and O–H groups in total. The van der Waals surface area contributed by atoms with Gasteiger partial charge in [-0.1, -0.05) is 6.42 Å². The first-order chi connectivity index (χ1) is 13.5. The first-order valence-corrected chi connectivity index (χ1v) is 11.5. The van der Waals surface area contributed by atoms with Crippen LogP contribution in [-0.2, 0) is 14.8 Å². The standard InChI is InChI=1S/C19H23N3O4S2/c1-2-26-16-7-6-15(21-18(23)8-9-19-20-10-13-27-19)14-17(16)28(24,25)22-11-4-3-5-12-22/h6-10,13-14H,2-5,11-12H2,1H3,(H,21,23)/b9-8+. The van der Waals surface area contributed by atoms with Gasteiger partial charge in [0.1, 0.15) is 15.7 Å². The summed E-state index contributed by atoms with van der Waals surface area (Å²) in [7, 11) is -3.69. The van der Waals surface area contributed by atoms with Crippen LogP contribution in [-0.4, -0.2) is 43.3 Å². The van der Waals surface area contributed by atoms with Gasteiger partial charge in [0, 0.05) is 36.4 Å². The molecule has 9 heteroatoms. The van der Waals surface area contributed by atoms with Gasteiger partial charge in [-0.25, -0.2) is 13.4 Å². The van der Waals surface area contributed by atoms with E-state index in [0.717, 1.165) is 24.3 Å². The normalized spacial score (nSPS) is 15.6. The summed E-state index contributed by atoms with van der Waals surface area (Å²) in [5.74, 6) is -0.0647. The maximum absolute atomic E-state index is 13.1. The van der Waals surface area contributed by atoms with Crippen molar-refractivity contribution in [3.05, 3.63) is 40.9 Å². The molecule has 1 saturated heterocycles. The number of rotatable bonds is 7. The van der Waals surface area contributed by atoms with Crippen LogP contribution in [0, 0.1) is 0 Å². The van der Waals surface area contributed by atoms with E-state index in [2.05, 4.69) is 10.3 Å². The van der Waals surface area contributed by atoms with Crippen LogP contribution in [0.5, 0.6) is 5.75 Å². The lowest BCUT2D eigenvalue weighted by molar-refractivity contribution is -0.111. The number of sulfonamides is 1. The van der Waals surface area contributed by atoms with E-state index in [4.69, 9.17) is 4.74 Å². The molecular formula is C19H23N3O4S2. The largest absolute Gasteiger partial charge is 0.492 e. The maximum atomic E-state index is 13.1. The molecule has 0 saturated carbocycles. The molecule has 2 heterocycles. The predicted octanol–water partition coefficient (Wildman–Crippen LogP) is 3.37. The van der Waals surface area contributed by atoms with E-state index < -0.39 is 10.0 Å². The fourth-order valence-electron chi connectivity index (χ4n) is 2.95. The van der Waals surface area contributed by atoms with Crippen LogP contribution in [0.2, 0.25) is 0 Å². The van der Waals surface area contributed by atoms with Crippen molar-refractivity contribution < 1.29 is 17.9 Å². The molecule has 0 bridgehead atoms. The third-order valence-electron chi connectivity index (χ3n) is 4.27. The van der Waals surface area contributed by atoms with E-state index in [9.17, 15) is 13.2 Å². The van der Waals surface area contributed by atoms with E-state index in [-0.39, 0.29) is 10.8 Å². The number of hydrogen-bond donors (Lipinski definition) is 1. The summed E-state index contributed by atoms with van der Waals surface area (Å²) in [4.78, 5) is 16.3. The Hall–Kier alpha value is -2.23. The second kappa shape index (κ2) is 9.31. The zero-order valence-electron chi connectivity index (χ0n) is 15.6. The minimum absolute atomic E-state index is 0.0814. The summed E-state index contributed by atoms with van der Waals surface area (Å²) >= 11 is 1.42. The highest BCUT2D eigenvalue weighted by molar-refractivity contribution is 7.89. The fourth-order valence-corrected chi connectivity index (χ4v) is 5.16. The van der Waals surface area contributed by atoms with Gasteiger partial charge in [-0.3, -0.25) is 4.79 Å². The zero-order chi connectivity index (χ0) is 20.0. The Morgan fingerprint density at radius 2 is 2.11 bits per heavy atom. The molecule has 0 spiro atoms. The second-order valence-electron chi connectivity index (χ2n) is 6.25. The number of piperidine rings is 1. The summed E-state index contributed by atoms with van der Waals surface area (Å²) in [6, 6.07) is 4.68. The topological polar surface area (TPSA) is 88.6 Å². The third kappa shape index (κ3) is 4.98. The summed E-state index contributed by atoms with van der Waals surface area (Å²) in [5.41, 5.74) is 0.396. The van der Waals surface area contributed by atoms with Gasteiger partial charge in [0.2, 0.25) is 15.9 Å². The molecule has 150 valence electrons. The van der Waals surface area contributed by atoms with E-state index >= 15 is 0 Å². The van der Waals surface area contributed by atoms with Crippen LogP contribution in [0.1, 0.15) is 31.2 Å². The first-order valence-electron chi connectivity index (χ1n) is 9.16. The molecule has 1 aliphatic heterocycles. The van der Waals surface area contributed by atoms with Crippen molar-refractivity contribution in [3.63, 3.8) is 0 Å². The van der Waals surface area contributed by atoms with Crippen molar-refractivity contribution in [2.45, 2.75) is 31.1 Å². The quantitative estimate of drug-likeness (QED) is 0.693. The second-order valence-corrected chi connectivity index (χ2v) is 9.08. The van der Waals surface area contributed by atoms with Gasteiger partial charge in [-0.2, -0.15) is 4.31 Å². The van der Waals surface area contributed by atoms with E-state index in [1.807, 2.05) is 5.38 Å². The minimum Gasteiger partial charge on any atom is -0.492 e. The van der Waals surface area contributed by atoms with Crippen molar-refractivity contribution in [3.8, 4) is 5.75 Å². The number of carbonyl (C=O) groups is 1. The lowest BCUT2D eigenvalue weighted by Crippen LogP contribution is -2.35. The van der Waals surface area contributed by atoms with E-state index in [1.54, 1.807) is 31.3 Å². The molecular weight excluding hydrogens is 398 g/mol. The molecule has 0 unspecified atom stereocenters. The van der Waals surface area contributed by atoms with Gasteiger partial charge in [0.05, 0.1) is 6.61 Å². The Morgan fingerprint density at radius 3 is 2.79 bits per heavy atom. The third-order valence-corrected chi connectivity index (χ3v) is 6.93. The number of ether oxygens (including phenoxy) is 1. The highest BCUT2D eigenvalue weighted by Gasteiger charge is 2.29. The van der Waals surface area contributed by atoms with Crippen molar-refractivity contribution in [1.29, 1.82) is 0 Å². The minimum atomic E-state index is -3.69. The number of carbonyl (C=O) groups excluding carboxylic acids is 1. The maximum Gasteiger partial charge on any atom is 0.248 e. The molecule has 0 radical (unpaired) electrons. The van der Waals surface area contributed by atoms with Gasteiger partial charge in [0.15, 0.2) is 0 Å². The Kier molecular flexibility index (Phi) is 6.82. The number of aromatic nitrogens is 1. The number of thiazole rings is 1.